The van der Waals surface area contributed by atoms with Crippen molar-refractivity contribution in [1.29, 1.82) is 0 Å². The second-order valence-corrected chi connectivity index (χ2v) is 14.1. The molecule has 0 aliphatic carbocycles. The van der Waals surface area contributed by atoms with Crippen molar-refractivity contribution in [2.75, 3.05) is 24.4 Å². The molecular formula is C37H57BrN2O3S. The van der Waals surface area contributed by atoms with Gasteiger partial charge in [-0.05, 0) is 41.4 Å². The van der Waals surface area contributed by atoms with Crippen molar-refractivity contribution in [1.82, 2.24) is 4.90 Å². The molecular weight excluding hydrogens is 632 g/mol. The van der Waals surface area contributed by atoms with Gasteiger partial charge in [0, 0.05) is 24.0 Å². The summed E-state index contributed by atoms with van der Waals surface area (Å²) in [7, 11) is 0. The quantitative estimate of drug-likeness (QED) is 0.140. The first kappa shape index (κ1) is 38.1. The zero-order valence-electron chi connectivity index (χ0n) is 27.9. The Labute approximate surface area is 282 Å². The van der Waals surface area contributed by atoms with Crippen LogP contribution < -0.4 is 14.8 Å². The molecule has 0 atom stereocenters. The third-order valence-electron chi connectivity index (χ3n) is 7.88. The number of anilines is 1. The van der Waals surface area contributed by atoms with Crippen molar-refractivity contribution in [3.8, 4) is 11.5 Å². The minimum Gasteiger partial charge on any atom is -0.489 e. The van der Waals surface area contributed by atoms with E-state index >= 15 is 0 Å². The number of benzene rings is 2. The first-order valence-electron chi connectivity index (χ1n) is 16.6. The van der Waals surface area contributed by atoms with Crippen LogP contribution in [0.3, 0.4) is 0 Å². The zero-order valence-corrected chi connectivity index (χ0v) is 30.5. The van der Waals surface area contributed by atoms with Gasteiger partial charge < -0.3 is 19.7 Å². The highest BCUT2D eigenvalue weighted by Gasteiger charge is 2.23. The summed E-state index contributed by atoms with van der Waals surface area (Å²) in [5, 5.41) is 3.07. The molecule has 1 heterocycles. The van der Waals surface area contributed by atoms with E-state index in [1.54, 1.807) is 0 Å². The average Bonchev–Trinajstić information content (AvgIpc) is 3.39. The summed E-state index contributed by atoms with van der Waals surface area (Å²) in [5.41, 5.74) is 2.91. The van der Waals surface area contributed by atoms with E-state index in [9.17, 15) is 4.79 Å². The first-order chi connectivity index (χ1) is 20.8. The lowest BCUT2D eigenvalue weighted by Gasteiger charge is -2.25. The summed E-state index contributed by atoms with van der Waals surface area (Å²) < 4.78 is 12.5. The summed E-state index contributed by atoms with van der Waals surface area (Å²) in [6.07, 6.45) is 18.0. The fourth-order valence-electron chi connectivity index (χ4n) is 5.42. The molecule has 2 aromatic rings. The van der Waals surface area contributed by atoms with Gasteiger partial charge in [-0.1, -0.05) is 129 Å². The molecule has 5 nitrogen and oxygen atoms in total. The van der Waals surface area contributed by atoms with E-state index in [2.05, 4.69) is 63.2 Å². The van der Waals surface area contributed by atoms with Crippen molar-refractivity contribution < 1.29 is 14.3 Å². The van der Waals surface area contributed by atoms with Crippen molar-refractivity contribution in [3.05, 3.63) is 64.7 Å². The largest absolute Gasteiger partial charge is 0.489 e. The van der Waals surface area contributed by atoms with Gasteiger partial charge in [0.05, 0.1) is 12.5 Å². The second kappa shape index (κ2) is 20.8. The van der Waals surface area contributed by atoms with Gasteiger partial charge in [-0.3, -0.25) is 4.79 Å². The van der Waals surface area contributed by atoms with Gasteiger partial charge >= 0.3 is 0 Å². The molecule has 3 rings (SSSR count). The number of thioether (sulfide) groups is 1. The number of hydrogen-bond donors (Lipinski definition) is 1. The topological polar surface area (TPSA) is 50.8 Å². The highest BCUT2D eigenvalue weighted by Crippen LogP contribution is 2.39. The van der Waals surface area contributed by atoms with Crippen LogP contribution in [0.2, 0.25) is 0 Å². The summed E-state index contributed by atoms with van der Waals surface area (Å²) >= 11 is 1.84. The second-order valence-electron chi connectivity index (χ2n) is 12.9. The van der Waals surface area contributed by atoms with E-state index in [4.69, 9.17) is 9.47 Å². The fraction of sp³-hybridized carbons (Fsp3) is 0.595. The van der Waals surface area contributed by atoms with Gasteiger partial charge in [0.15, 0.2) is 18.1 Å². The number of allylic oxidation sites excluding steroid dienone is 1. The predicted molar refractivity (Wildman–Crippen MR) is 194 cm³/mol. The highest BCUT2D eigenvalue weighted by atomic mass is 79.9. The molecule has 7 heteroatoms. The predicted octanol–water partition coefficient (Wildman–Crippen LogP) is 11.0. The number of carbonyl (C=O) groups is 1. The standard InChI is InChI=1S/C37H56N2O3S.BrH/c1-6-7-8-9-10-11-12-13-14-15-16-19-25-41-36-32(37(3,4)5)22-20-24-34(36)42-28-35(40)38-33-23-18-17-21-31(33)27-39-26-30(2)43-29-39;/h17-18,20-24,26H,6-16,19,25,27-29H2,1-5H3,(H,38,40);1H. The summed E-state index contributed by atoms with van der Waals surface area (Å²) in [6, 6.07) is 14.0. The fourth-order valence-corrected chi connectivity index (χ4v) is 6.18. The molecule has 2 aromatic carbocycles. The molecule has 0 radical (unpaired) electrons. The number of unbranched alkanes of at least 4 members (excludes halogenated alkanes) is 11. The van der Waals surface area contributed by atoms with Crippen LogP contribution in [-0.2, 0) is 16.8 Å². The van der Waals surface area contributed by atoms with Crippen LogP contribution in [0, 0.1) is 0 Å². The Morgan fingerprint density at radius 1 is 0.864 bits per heavy atom. The van der Waals surface area contributed by atoms with Crippen LogP contribution in [0.5, 0.6) is 11.5 Å². The third-order valence-corrected chi connectivity index (χ3v) is 8.90. The Balaban J connectivity index is 0.00000675. The Kier molecular flexibility index (Phi) is 18.0. The lowest BCUT2D eigenvalue weighted by molar-refractivity contribution is -0.118. The molecule has 0 aromatic heterocycles. The normalized spacial score (nSPS) is 12.9. The molecule has 1 aliphatic heterocycles. The maximum absolute atomic E-state index is 13.0. The van der Waals surface area contributed by atoms with Gasteiger partial charge in [-0.2, -0.15) is 0 Å². The molecule has 44 heavy (non-hydrogen) atoms. The molecule has 0 bridgehead atoms. The van der Waals surface area contributed by atoms with E-state index in [0.29, 0.717) is 12.4 Å². The average molecular weight is 690 g/mol. The summed E-state index contributed by atoms with van der Waals surface area (Å²) in [6.45, 7) is 12.3. The molecule has 1 aliphatic rings. The van der Waals surface area contributed by atoms with E-state index in [1.165, 1.54) is 75.5 Å². The number of carbonyl (C=O) groups excluding carboxylic acids is 1. The van der Waals surface area contributed by atoms with Gasteiger partial charge in [-0.25, -0.2) is 0 Å². The van der Waals surface area contributed by atoms with E-state index in [1.807, 2.05) is 42.1 Å². The number of hydrogen-bond acceptors (Lipinski definition) is 5. The van der Waals surface area contributed by atoms with Crippen LogP contribution in [0.4, 0.5) is 5.69 Å². The Bertz CT molecular complexity index is 1150. The van der Waals surface area contributed by atoms with Gasteiger partial charge in [0.2, 0.25) is 0 Å². The first-order valence-corrected chi connectivity index (χ1v) is 17.6. The third kappa shape index (κ3) is 13.9. The molecule has 0 spiro atoms. The highest BCUT2D eigenvalue weighted by molar-refractivity contribution is 8.93. The van der Waals surface area contributed by atoms with Crippen LogP contribution in [0.15, 0.2) is 53.6 Å². The van der Waals surface area contributed by atoms with E-state index in [0.717, 1.165) is 41.4 Å². The van der Waals surface area contributed by atoms with Gasteiger partial charge in [-0.15, -0.1) is 28.7 Å². The lowest BCUT2D eigenvalue weighted by Crippen LogP contribution is -2.22. The minimum absolute atomic E-state index is 0. The number of para-hydroxylation sites is 2. The number of nitrogens with zero attached hydrogens (tertiary/aromatic N) is 1. The van der Waals surface area contributed by atoms with Crippen molar-refractivity contribution in [2.24, 2.45) is 0 Å². The molecule has 0 saturated carbocycles. The van der Waals surface area contributed by atoms with Crippen molar-refractivity contribution >= 4 is 40.3 Å². The SMILES string of the molecule is Br.CCCCCCCCCCCCCCOc1c(OCC(=O)Nc2ccccc2CN2C=C(C)SC2)cccc1C(C)(C)C. The number of halogens is 1. The molecule has 0 saturated heterocycles. The molecule has 1 N–H and O–H groups in total. The lowest BCUT2D eigenvalue weighted by atomic mass is 9.86. The Hall–Kier alpha value is -2.12. The van der Waals surface area contributed by atoms with Crippen LogP contribution >= 0.6 is 28.7 Å². The van der Waals surface area contributed by atoms with Gasteiger partial charge in [0.25, 0.3) is 5.91 Å². The molecule has 246 valence electrons. The van der Waals surface area contributed by atoms with E-state index in [-0.39, 0.29) is 34.9 Å². The molecule has 0 unspecified atom stereocenters. The van der Waals surface area contributed by atoms with Crippen LogP contribution in [0.1, 0.15) is 123 Å². The maximum Gasteiger partial charge on any atom is 0.262 e. The molecule has 0 fully saturated rings. The number of amides is 1. The Morgan fingerprint density at radius 2 is 1.50 bits per heavy atom. The van der Waals surface area contributed by atoms with Crippen LogP contribution in [-0.4, -0.2) is 29.9 Å². The Morgan fingerprint density at radius 3 is 2.11 bits per heavy atom. The molecule has 1 amide bonds. The maximum atomic E-state index is 13.0. The van der Waals surface area contributed by atoms with Crippen molar-refractivity contribution in [3.63, 3.8) is 0 Å². The minimum atomic E-state index is -0.178. The zero-order chi connectivity index (χ0) is 30.9. The summed E-state index contributed by atoms with van der Waals surface area (Å²) in [5.74, 6) is 2.15. The number of rotatable bonds is 20. The van der Waals surface area contributed by atoms with Gasteiger partial charge in [0.1, 0.15) is 0 Å². The summed E-state index contributed by atoms with van der Waals surface area (Å²) in [4.78, 5) is 16.6. The number of nitrogens with one attached hydrogen (secondary N) is 1. The van der Waals surface area contributed by atoms with E-state index < -0.39 is 0 Å². The monoisotopic (exact) mass is 688 g/mol. The smallest absolute Gasteiger partial charge is 0.262 e. The van der Waals surface area contributed by atoms with Crippen molar-refractivity contribution in [2.45, 2.75) is 124 Å². The number of ether oxygens (including phenoxy) is 2. The van der Waals surface area contributed by atoms with Crippen LogP contribution in [0.25, 0.3) is 0 Å².